The second-order valence-electron chi connectivity index (χ2n) is 5.92. The Balaban J connectivity index is 1.85. The predicted octanol–water partition coefficient (Wildman–Crippen LogP) is 3.81. The van der Waals surface area contributed by atoms with Crippen molar-refractivity contribution in [3.05, 3.63) is 88.1 Å². The second kappa shape index (κ2) is 7.65. The number of carbonyl (C=O) groups is 1. The Morgan fingerprint density at radius 3 is 2.81 bits per heavy atom. The molecule has 0 unspecified atom stereocenters. The number of amides is 1. The van der Waals surface area contributed by atoms with E-state index in [4.69, 9.17) is 0 Å². The van der Waals surface area contributed by atoms with Crippen molar-refractivity contribution in [3.8, 4) is 0 Å². The highest BCUT2D eigenvalue weighted by Crippen LogP contribution is 2.24. The number of hydrogen-bond donors (Lipinski definition) is 1. The Hall–Kier alpha value is -3.74. The lowest BCUT2D eigenvalue weighted by molar-refractivity contribution is -0.384. The number of allylic oxidation sites excluding steroid dienone is 1. The number of benzene rings is 2. The van der Waals surface area contributed by atoms with Crippen LogP contribution in [0.15, 0.2) is 66.3 Å². The number of carbonyl (C=O) groups excluding carboxylic acids is 1. The van der Waals surface area contributed by atoms with Crippen LogP contribution in [-0.2, 0) is 6.54 Å². The number of nitro benzene ring substituents is 1. The molecular formula is C20H18N4O3. The number of nitro groups is 1. The summed E-state index contributed by atoms with van der Waals surface area (Å²) in [5.41, 5.74) is 5.41. The fourth-order valence-electron chi connectivity index (χ4n) is 2.97. The van der Waals surface area contributed by atoms with Crippen LogP contribution in [-0.4, -0.2) is 21.6 Å². The zero-order valence-corrected chi connectivity index (χ0v) is 14.8. The third-order valence-electron chi connectivity index (χ3n) is 4.27. The summed E-state index contributed by atoms with van der Waals surface area (Å²) in [6.45, 7) is 6.44. The number of rotatable bonds is 6. The summed E-state index contributed by atoms with van der Waals surface area (Å²) >= 11 is 0. The minimum atomic E-state index is -0.544. The molecule has 0 atom stereocenters. The summed E-state index contributed by atoms with van der Waals surface area (Å²) in [6, 6.07) is 13.4. The highest BCUT2D eigenvalue weighted by Gasteiger charge is 2.13. The molecule has 136 valence electrons. The van der Waals surface area contributed by atoms with Crippen molar-refractivity contribution in [3.63, 3.8) is 0 Å². The first-order chi connectivity index (χ1) is 13.0. The number of hydrazone groups is 1. The Morgan fingerprint density at radius 2 is 2.07 bits per heavy atom. The summed E-state index contributed by atoms with van der Waals surface area (Å²) in [4.78, 5) is 22.5. The van der Waals surface area contributed by atoms with Gasteiger partial charge in [0, 0.05) is 46.4 Å². The average Bonchev–Trinajstić information content (AvgIpc) is 2.94. The molecule has 0 aliphatic rings. The molecule has 0 spiro atoms. The van der Waals surface area contributed by atoms with Crippen molar-refractivity contribution in [2.75, 3.05) is 0 Å². The van der Waals surface area contributed by atoms with Gasteiger partial charge in [0.1, 0.15) is 0 Å². The quantitative estimate of drug-likeness (QED) is 0.313. The van der Waals surface area contributed by atoms with Crippen LogP contribution in [0.4, 0.5) is 5.69 Å². The van der Waals surface area contributed by atoms with Gasteiger partial charge >= 0.3 is 0 Å². The molecular weight excluding hydrogens is 344 g/mol. The van der Waals surface area contributed by atoms with Crippen LogP contribution >= 0.6 is 0 Å². The molecule has 3 aromatic rings. The van der Waals surface area contributed by atoms with Crippen LogP contribution in [0.2, 0.25) is 0 Å². The molecule has 0 aliphatic heterocycles. The van der Waals surface area contributed by atoms with Crippen molar-refractivity contribution in [2.45, 2.75) is 13.5 Å². The van der Waals surface area contributed by atoms with Gasteiger partial charge in [0.2, 0.25) is 0 Å². The van der Waals surface area contributed by atoms with Gasteiger partial charge in [-0.25, -0.2) is 5.43 Å². The van der Waals surface area contributed by atoms with Crippen molar-refractivity contribution < 1.29 is 9.72 Å². The SMILES string of the molecule is C=CCn1c(C)c(/C=N\NC(=O)c2cccc([N+](=O)[O-])c2)c2ccccc21. The third-order valence-corrected chi connectivity index (χ3v) is 4.27. The smallest absolute Gasteiger partial charge is 0.271 e. The van der Waals surface area contributed by atoms with Crippen LogP contribution in [0.25, 0.3) is 10.9 Å². The van der Waals surface area contributed by atoms with Gasteiger partial charge in [-0.2, -0.15) is 5.10 Å². The van der Waals surface area contributed by atoms with Crippen LogP contribution < -0.4 is 5.43 Å². The number of nitrogens with one attached hydrogen (secondary N) is 1. The lowest BCUT2D eigenvalue weighted by Crippen LogP contribution is -2.17. The predicted molar refractivity (Wildman–Crippen MR) is 105 cm³/mol. The molecule has 0 fully saturated rings. The number of nitrogens with zero attached hydrogens (tertiary/aromatic N) is 3. The molecule has 27 heavy (non-hydrogen) atoms. The minimum Gasteiger partial charge on any atom is -0.340 e. The fraction of sp³-hybridized carbons (Fsp3) is 0.100. The van der Waals surface area contributed by atoms with Gasteiger partial charge in [-0.05, 0) is 19.1 Å². The zero-order chi connectivity index (χ0) is 19.4. The molecule has 7 heteroatoms. The topological polar surface area (TPSA) is 89.5 Å². The van der Waals surface area contributed by atoms with E-state index in [9.17, 15) is 14.9 Å². The van der Waals surface area contributed by atoms with Gasteiger partial charge in [0.15, 0.2) is 0 Å². The molecule has 0 bridgehead atoms. The van der Waals surface area contributed by atoms with E-state index >= 15 is 0 Å². The van der Waals surface area contributed by atoms with Crippen LogP contribution in [0.5, 0.6) is 0 Å². The summed E-state index contributed by atoms with van der Waals surface area (Å²) in [6.07, 6.45) is 3.41. The van der Waals surface area contributed by atoms with Crippen molar-refractivity contribution in [1.82, 2.24) is 9.99 Å². The average molecular weight is 362 g/mol. The molecule has 2 aromatic carbocycles. The van der Waals surface area contributed by atoms with Gasteiger partial charge in [0.05, 0.1) is 11.1 Å². The molecule has 7 nitrogen and oxygen atoms in total. The van der Waals surface area contributed by atoms with Gasteiger partial charge < -0.3 is 4.57 Å². The van der Waals surface area contributed by atoms with Crippen molar-refractivity contribution in [2.24, 2.45) is 5.10 Å². The normalized spacial score (nSPS) is 11.0. The van der Waals surface area contributed by atoms with E-state index in [-0.39, 0.29) is 11.3 Å². The molecule has 1 amide bonds. The Kier molecular flexibility index (Phi) is 5.12. The molecule has 1 heterocycles. The molecule has 1 aromatic heterocycles. The number of fused-ring (bicyclic) bond motifs is 1. The zero-order valence-electron chi connectivity index (χ0n) is 14.8. The van der Waals surface area contributed by atoms with Crippen LogP contribution in [0.1, 0.15) is 21.6 Å². The first-order valence-electron chi connectivity index (χ1n) is 8.29. The highest BCUT2D eigenvalue weighted by atomic mass is 16.6. The van der Waals surface area contributed by atoms with E-state index in [1.165, 1.54) is 24.3 Å². The van der Waals surface area contributed by atoms with Crippen molar-refractivity contribution >= 4 is 28.7 Å². The molecule has 0 saturated heterocycles. The second-order valence-corrected chi connectivity index (χ2v) is 5.92. The first kappa shape index (κ1) is 18.1. The number of hydrogen-bond acceptors (Lipinski definition) is 4. The Bertz CT molecular complexity index is 1070. The lowest BCUT2D eigenvalue weighted by atomic mass is 10.1. The van der Waals surface area contributed by atoms with Gasteiger partial charge in [-0.1, -0.05) is 30.3 Å². The third kappa shape index (κ3) is 3.62. The number of aromatic nitrogens is 1. The van der Waals surface area contributed by atoms with Gasteiger partial charge in [0.25, 0.3) is 11.6 Å². The summed E-state index contributed by atoms with van der Waals surface area (Å²) < 4.78 is 2.12. The number of non-ortho nitro benzene ring substituents is 1. The lowest BCUT2D eigenvalue weighted by Gasteiger charge is -2.04. The van der Waals surface area contributed by atoms with Crippen LogP contribution in [0.3, 0.4) is 0 Å². The van der Waals surface area contributed by atoms with E-state index < -0.39 is 10.8 Å². The van der Waals surface area contributed by atoms with E-state index in [2.05, 4.69) is 21.7 Å². The Morgan fingerprint density at radius 1 is 1.30 bits per heavy atom. The molecule has 0 radical (unpaired) electrons. The summed E-state index contributed by atoms with van der Waals surface area (Å²) in [5.74, 6) is -0.512. The maximum Gasteiger partial charge on any atom is 0.271 e. The minimum absolute atomic E-state index is 0.144. The maximum atomic E-state index is 12.2. The highest BCUT2D eigenvalue weighted by molar-refractivity contribution is 6.02. The summed E-state index contributed by atoms with van der Waals surface area (Å²) in [5, 5.41) is 15.9. The largest absolute Gasteiger partial charge is 0.340 e. The monoisotopic (exact) mass is 362 g/mol. The molecule has 0 saturated carbocycles. The molecule has 0 aliphatic carbocycles. The van der Waals surface area contributed by atoms with E-state index in [1.54, 1.807) is 6.21 Å². The first-order valence-corrected chi connectivity index (χ1v) is 8.29. The number of para-hydroxylation sites is 1. The maximum absolute atomic E-state index is 12.2. The van der Waals surface area contributed by atoms with E-state index in [1.807, 2.05) is 37.3 Å². The standard InChI is InChI=1S/C20H18N4O3/c1-3-11-23-14(2)18(17-9-4-5-10-19(17)23)13-21-22-20(25)15-7-6-8-16(12-15)24(26)27/h3-10,12-13H,1,11H2,2H3,(H,22,25)/b21-13-. The van der Waals surface area contributed by atoms with Crippen LogP contribution in [0, 0.1) is 17.0 Å². The van der Waals surface area contributed by atoms with Gasteiger partial charge in [-0.3, -0.25) is 14.9 Å². The molecule has 3 rings (SSSR count). The summed E-state index contributed by atoms with van der Waals surface area (Å²) in [7, 11) is 0. The van der Waals surface area contributed by atoms with Gasteiger partial charge in [-0.15, -0.1) is 6.58 Å². The van der Waals surface area contributed by atoms with E-state index in [0.29, 0.717) is 6.54 Å². The molecule has 1 N–H and O–H groups in total. The van der Waals surface area contributed by atoms with Crippen molar-refractivity contribution in [1.29, 1.82) is 0 Å². The Labute approximate surface area is 155 Å². The van der Waals surface area contributed by atoms with E-state index in [0.717, 1.165) is 22.2 Å². The fourth-order valence-corrected chi connectivity index (χ4v) is 2.97.